The van der Waals surface area contributed by atoms with E-state index in [9.17, 15) is 18.5 Å². The molecule has 0 bridgehead atoms. The van der Waals surface area contributed by atoms with Gasteiger partial charge in [-0.3, -0.25) is 10.1 Å². The third-order valence-corrected chi connectivity index (χ3v) is 4.69. The molecule has 0 aliphatic carbocycles. The van der Waals surface area contributed by atoms with Crippen molar-refractivity contribution >= 4 is 31.6 Å². The average Bonchev–Trinajstić information content (AvgIpc) is 2.49. The molecule has 0 unspecified atom stereocenters. The number of nitrogens with one attached hydrogen (secondary N) is 1. The molecule has 1 N–H and O–H groups in total. The first-order chi connectivity index (χ1) is 10.3. The van der Waals surface area contributed by atoms with Crippen molar-refractivity contribution in [1.29, 1.82) is 0 Å². The molecule has 9 heteroatoms. The average molecular weight is 387 g/mol. The van der Waals surface area contributed by atoms with Gasteiger partial charge in [-0.1, -0.05) is 15.9 Å². The Kier molecular flexibility index (Phi) is 4.79. The Labute approximate surface area is 135 Å². The number of nitro benzene ring substituents is 1. The number of nitrogens with zero attached hydrogens (tertiary/aromatic N) is 1. The van der Waals surface area contributed by atoms with Crippen LogP contribution in [0.25, 0.3) is 0 Å². The largest absolute Gasteiger partial charge is 0.450 e. The van der Waals surface area contributed by atoms with Crippen molar-refractivity contribution in [2.45, 2.75) is 4.90 Å². The molecule has 0 atom stereocenters. The van der Waals surface area contributed by atoms with Crippen LogP contribution in [-0.2, 0) is 10.0 Å². The van der Waals surface area contributed by atoms with Crippen molar-refractivity contribution in [2.24, 2.45) is 0 Å². The highest BCUT2D eigenvalue weighted by Gasteiger charge is 2.21. The topological polar surface area (TPSA) is 98.5 Å². The van der Waals surface area contributed by atoms with E-state index in [1.807, 2.05) is 0 Å². The molecule has 0 saturated carbocycles. The smallest absolute Gasteiger partial charge is 0.312 e. The summed E-state index contributed by atoms with van der Waals surface area (Å²) in [5, 5.41) is 11.1. The van der Waals surface area contributed by atoms with E-state index >= 15 is 0 Å². The molecule has 22 heavy (non-hydrogen) atoms. The molecule has 0 aromatic heterocycles. The summed E-state index contributed by atoms with van der Waals surface area (Å²) in [6, 6.07) is 10.2. The van der Waals surface area contributed by atoms with Gasteiger partial charge in [0.15, 0.2) is 0 Å². The van der Waals surface area contributed by atoms with Crippen LogP contribution in [0.1, 0.15) is 0 Å². The van der Waals surface area contributed by atoms with E-state index in [0.29, 0.717) is 5.75 Å². The highest BCUT2D eigenvalue weighted by molar-refractivity contribution is 9.10. The fourth-order valence-electron chi connectivity index (χ4n) is 1.64. The summed E-state index contributed by atoms with van der Waals surface area (Å²) in [7, 11) is -2.54. The monoisotopic (exact) mass is 386 g/mol. The predicted molar refractivity (Wildman–Crippen MR) is 83.6 cm³/mol. The minimum atomic E-state index is -3.77. The summed E-state index contributed by atoms with van der Waals surface area (Å²) in [6.45, 7) is 0. The lowest BCUT2D eigenvalue weighted by atomic mass is 10.3. The standard InChI is InChI=1S/C13H11BrN2O5S/c1-15-22(19,20)11-6-7-13(12(8-11)16(17)18)21-10-4-2-9(14)3-5-10/h2-8,15H,1H3. The Balaban J connectivity index is 2.44. The van der Waals surface area contributed by atoms with Crippen molar-refractivity contribution < 1.29 is 18.1 Å². The Bertz CT molecular complexity index is 806. The van der Waals surface area contributed by atoms with E-state index in [-0.39, 0.29) is 10.6 Å². The number of halogens is 1. The molecule has 0 amide bonds. The minimum absolute atomic E-state index is 0.0395. The summed E-state index contributed by atoms with van der Waals surface area (Å²) in [4.78, 5) is 10.2. The van der Waals surface area contributed by atoms with Gasteiger partial charge in [0.25, 0.3) is 0 Å². The van der Waals surface area contributed by atoms with E-state index in [2.05, 4.69) is 20.7 Å². The third-order valence-electron chi connectivity index (χ3n) is 2.75. The van der Waals surface area contributed by atoms with Gasteiger partial charge in [0.2, 0.25) is 15.8 Å². The lowest BCUT2D eigenvalue weighted by Crippen LogP contribution is -2.18. The van der Waals surface area contributed by atoms with Crippen LogP contribution in [0.15, 0.2) is 51.8 Å². The SMILES string of the molecule is CNS(=O)(=O)c1ccc(Oc2ccc(Br)cc2)c([N+](=O)[O-])c1. The molecule has 2 rings (SSSR count). The number of nitro groups is 1. The number of ether oxygens (including phenoxy) is 1. The maximum atomic E-state index is 11.7. The highest BCUT2D eigenvalue weighted by Crippen LogP contribution is 2.33. The van der Waals surface area contributed by atoms with E-state index < -0.39 is 20.6 Å². The first-order valence-corrected chi connectivity index (χ1v) is 8.26. The van der Waals surface area contributed by atoms with Gasteiger partial charge in [-0.2, -0.15) is 0 Å². The van der Waals surface area contributed by atoms with E-state index in [0.717, 1.165) is 10.5 Å². The van der Waals surface area contributed by atoms with Gasteiger partial charge >= 0.3 is 5.69 Å². The van der Waals surface area contributed by atoms with E-state index in [4.69, 9.17) is 4.74 Å². The highest BCUT2D eigenvalue weighted by atomic mass is 79.9. The third kappa shape index (κ3) is 3.62. The first kappa shape index (κ1) is 16.4. The van der Waals surface area contributed by atoms with Crippen molar-refractivity contribution in [3.8, 4) is 11.5 Å². The normalized spacial score (nSPS) is 11.2. The van der Waals surface area contributed by atoms with Crippen molar-refractivity contribution in [3.05, 3.63) is 57.1 Å². The van der Waals surface area contributed by atoms with Crippen LogP contribution in [0.2, 0.25) is 0 Å². The van der Waals surface area contributed by atoms with Crippen LogP contribution in [0.5, 0.6) is 11.5 Å². The summed E-state index contributed by atoms with van der Waals surface area (Å²) in [5.74, 6) is 0.359. The van der Waals surface area contributed by atoms with Crippen molar-refractivity contribution in [1.82, 2.24) is 4.72 Å². The second-order valence-electron chi connectivity index (χ2n) is 4.15. The lowest BCUT2D eigenvalue weighted by Gasteiger charge is -2.08. The Morgan fingerprint density at radius 1 is 1.18 bits per heavy atom. The van der Waals surface area contributed by atoms with Crippen molar-refractivity contribution in [3.63, 3.8) is 0 Å². The van der Waals surface area contributed by atoms with Crippen LogP contribution < -0.4 is 9.46 Å². The lowest BCUT2D eigenvalue weighted by molar-refractivity contribution is -0.385. The van der Waals surface area contributed by atoms with Crippen LogP contribution in [-0.4, -0.2) is 20.4 Å². The van der Waals surface area contributed by atoms with Crippen LogP contribution in [0.4, 0.5) is 5.69 Å². The first-order valence-electron chi connectivity index (χ1n) is 5.99. The molecule has 0 radical (unpaired) electrons. The van der Waals surface area contributed by atoms with Crippen molar-refractivity contribution in [2.75, 3.05) is 7.05 Å². The molecule has 7 nitrogen and oxygen atoms in total. The van der Waals surface area contributed by atoms with Gasteiger partial charge in [0.05, 0.1) is 9.82 Å². The zero-order valence-corrected chi connectivity index (χ0v) is 13.7. The fraction of sp³-hybridized carbons (Fsp3) is 0.0769. The number of sulfonamides is 1. The molecule has 0 fully saturated rings. The molecule has 0 saturated heterocycles. The number of rotatable bonds is 5. The molecular weight excluding hydrogens is 376 g/mol. The van der Waals surface area contributed by atoms with Crippen LogP contribution in [0.3, 0.4) is 0 Å². The molecule has 116 valence electrons. The molecule has 2 aromatic carbocycles. The summed E-state index contributed by atoms with van der Waals surface area (Å²) < 4.78 is 31.8. The van der Waals surface area contributed by atoms with Gasteiger partial charge in [0.1, 0.15) is 5.75 Å². The second kappa shape index (κ2) is 6.42. The maximum absolute atomic E-state index is 11.7. The zero-order valence-electron chi connectivity index (χ0n) is 11.3. The molecule has 0 aliphatic heterocycles. The molecular formula is C13H11BrN2O5S. The van der Waals surface area contributed by atoms with Crippen LogP contribution in [0, 0.1) is 10.1 Å². The molecule has 2 aromatic rings. The molecule has 0 spiro atoms. The number of hydrogen-bond donors (Lipinski definition) is 1. The van der Waals surface area contributed by atoms with E-state index in [1.165, 1.54) is 19.2 Å². The second-order valence-corrected chi connectivity index (χ2v) is 6.95. The van der Waals surface area contributed by atoms with Gasteiger partial charge in [-0.15, -0.1) is 0 Å². The number of hydrogen-bond acceptors (Lipinski definition) is 5. The summed E-state index contributed by atoms with van der Waals surface area (Å²) in [5.41, 5.74) is -0.431. The molecule has 0 heterocycles. The summed E-state index contributed by atoms with van der Waals surface area (Å²) in [6.07, 6.45) is 0. The van der Waals surface area contributed by atoms with Gasteiger partial charge in [0, 0.05) is 10.5 Å². The Morgan fingerprint density at radius 3 is 2.36 bits per heavy atom. The maximum Gasteiger partial charge on any atom is 0.312 e. The minimum Gasteiger partial charge on any atom is -0.450 e. The predicted octanol–water partition coefficient (Wildman–Crippen LogP) is 3.06. The summed E-state index contributed by atoms with van der Waals surface area (Å²) >= 11 is 3.27. The van der Waals surface area contributed by atoms with Gasteiger partial charge in [-0.05, 0) is 43.4 Å². The fourth-order valence-corrected chi connectivity index (χ4v) is 2.65. The van der Waals surface area contributed by atoms with E-state index in [1.54, 1.807) is 24.3 Å². The quantitative estimate of drug-likeness (QED) is 0.628. The zero-order chi connectivity index (χ0) is 16.3. The van der Waals surface area contributed by atoms with Gasteiger partial charge < -0.3 is 4.74 Å². The number of benzene rings is 2. The van der Waals surface area contributed by atoms with Crippen LogP contribution >= 0.6 is 15.9 Å². The van der Waals surface area contributed by atoms with Gasteiger partial charge in [-0.25, -0.2) is 13.1 Å². The molecule has 0 aliphatic rings. The Morgan fingerprint density at radius 2 is 1.82 bits per heavy atom. The Hall–Kier alpha value is -1.97.